The number of piperazine rings is 1. The smallest absolute Gasteiger partial charge is 0.278 e. The number of carbonyl (C=O) groups excluding carboxylic acids is 1. The highest BCUT2D eigenvalue weighted by molar-refractivity contribution is 7.89. The van der Waals surface area contributed by atoms with Crippen LogP contribution in [0.5, 0.6) is 0 Å². The molecule has 1 aliphatic carbocycles. The first-order chi connectivity index (χ1) is 12.8. The van der Waals surface area contributed by atoms with Crippen LogP contribution in [0.25, 0.3) is 0 Å². The van der Waals surface area contributed by atoms with Crippen LogP contribution in [-0.2, 0) is 14.8 Å². The lowest BCUT2D eigenvalue weighted by Crippen LogP contribution is -3.19. The highest BCUT2D eigenvalue weighted by Gasteiger charge is 2.35. The Kier molecular flexibility index (Phi) is 6.23. The Hall–Kier alpha value is -1.44. The quantitative estimate of drug-likeness (QED) is 0.770. The summed E-state index contributed by atoms with van der Waals surface area (Å²) >= 11 is 0. The van der Waals surface area contributed by atoms with Gasteiger partial charge in [-0.2, -0.15) is 4.31 Å². The van der Waals surface area contributed by atoms with Crippen molar-refractivity contribution in [3.05, 3.63) is 29.3 Å². The summed E-state index contributed by atoms with van der Waals surface area (Å²) in [6.45, 7) is 7.91. The van der Waals surface area contributed by atoms with Crippen LogP contribution in [-0.4, -0.2) is 56.9 Å². The summed E-state index contributed by atoms with van der Waals surface area (Å²) in [5.41, 5.74) is 1.72. The van der Waals surface area contributed by atoms with E-state index in [9.17, 15) is 13.2 Å². The fourth-order valence-electron chi connectivity index (χ4n) is 4.15. The van der Waals surface area contributed by atoms with Gasteiger partial charge in [0.15, 0.2) is 6.04 Å². The number of carbonyl (C=O) groups is 1. The number of quaternary nitrogens is 1. The Balaban J connectivity index is 1.60. The lowest BCUT2D eigenvalue weighted by molar-refractivity contribution is -0.917. The maximum absolute atomic E-state index is 13.0. The Morgan fingerprint density at radius 2 is 1.81 bits per heavy atom. The molecule has 1 atom stereocenters. The third kappa shape index (κ3) is 4.52. The van der Waals surface area contributed by atoms with E-state index in [1.807, 2.05) is 32.9 Å². The minimum absolute atomic E-state index is 0.0998. The molecule has 1 aromatic carbocycles. The molecule has 2 fully saturated rings. The van der Waals surface area contributed by atoms with Gasteiger partial charge in [0.2, 0.25) is 10.0 Å². The predicted molar refractivity (Wildman–Crippen MR) is 105 cm³/mol. The number of sulfonamides is 1. The summed E-state index contributed by atoms with van der Waals surface area (Å²) in [5.74, 6) is 0.0998. The molecule has 6 nitrogen and oxygen atoms in total. The van der Waals surface area contributed by atoms with Gasteiger partial charge in [-0.1, -0.05) is 25.0 Å². The molecule has 2 N–H and O–H groups in total. The second-order valence-corrected chi connectivity index (χ2v) is 9.95. The maximum atomic E-state index is 13.0. The van der Waals surface area contributed by atoms with Gasteiger partial charge in [-0.05, 0) is 50.8 Å². The first-order valence-electron chi connectivity index (χ1n) is 10.0. The number of hydrogen-bond donors (Lipinski definition) is 2. The van der Waals surface area contributed by atoms with Crippen LogP contribution in [0.3, 0.4) is 0 Å². The predicted octanol–water partition coefficient (Wildman–Crippen LogP) is 0.640. The molecule has 0 spiro atoms. The summed E-state index contributed by atoms with van der Waals surface area (Å²) < 4.78 is 27.6. The van der Waals surface area contributed by atoms with Gasteiger partial charge in [0.05, 0.1) is 31.1 Å². The van der Waals surface area contributed by atoms with Gasteiger partial charge in [-0.3, -0.25) is 4.79 Å². The molecule has 150 valence electrons. The van der Waals surface area contributed by atoms with E-state index in [-0.39, 0.29) is 11.9 Å². The average molecular weight is 395 g/mol. The lowest BCUT2D eigenvalue weighted by Gasteiger charge is -2.34. The molecular weight excluding hydrogens is 362 g/mol. The normalized spacial score (nSPS) is 21.3. The number of aryl methyl sites for hydroxylation is 2. The highest BCUT2D eigenvalue weighted by Crippen LogP contribution is 2.21. The van der Waals surface area contributed by atoms with E-state index in [0.717, 1.165) is 28.9 Å². The van der Waals surface area contributed by atoms with E-state index in [0.29, 0.717) is 37.1 Å². The summed E-state index contributed by atoms with van der Waals surface area (Å²) in [6, 6.07) is 5.73. The van der Waals surface area contributed by atoms with Crippen molar-refractivity contribution < 1.29 is 18.1 Å². The van der Waals surface area contributed by atoms with Gasteiger partial charge in [0.1, 0.15) is 0 Å². The molecule has 1 saturated carbocycles. The van der Waals surface area contributed by atoms with Crippen LogP contribution in [0.4, 0.5) is 0 Å². The molecule has 0 unspecified atom stereocenters. The minimum atomic E-state index is -3.48. The van der Waals surface area contributed by atoms with E-state index in [4.69, 9.17) is 0 Å². The van der Waals surface area contributed by atoms with Crippen LogP contribution in [0.1, 0.15) is 43.7 Å². The molecular formula is C20H32N3O3S+. The van der Waals surface area contributed by atoms with E-state index in [1.54, 1.807) is 10.4 Å². The summed E-state index contributed by atoms with van der Waals surface area (Å²) in [6.07, 6.45) is 4.55. The van der Waals surface area contributed by atoms with Crippen molar-refractivity contribution in [2.24, 2.45) is 0 Å². The second kappa shape index (κ2) is 8.29. The van der Waals surface area contributed by atoms with E-state index >= 15 is 0 Å². The molecule has 0 aromatic heterocycles. The van der Waals surface area contributed by atoms with Crippen LogP contribution < -0.4 is 10.2 Å². The number of nitrogens with zero attached hydrogens (tertiary/aromatic N) is 1. The molecule has 1 aliphatic heterocycles. The van der Waals surface area contributed by atoms with Crippen LogP contribution in [0, 0.1) is 13.8 Å². The van der Waals surface area contributed by atoms with Gasteiger partial charge < -0.3 is 10.2 Å². The van der Waals surface area contributed by atoms with E-state index < -0.39 is 10.0 Å². The Bertz CT molecular complexity index is 780. The molecule has 1 saturated heterocycles. The van der Waals surface area contributed by atoms with Crippen molar-refractivity contribution in [3.8, 4) is 0 Å². The SMILES string of the molecule is Cc1ccc(C)c(S(=O)(=O)N2CC[NH+]([C@H](C)C(=O)NC3CCCC3)CC2)c1. The second-order valence-electron chi connectivity index (χ2n) is 8.04. The zero-order chi connectivity index (χ0) is 19.6. The minimum Gasteiger partial charge on any atom is -0.348 e. The van der Waals surface area contributed by atoms with Gasteiger partial charge in [0.25, 0.3) is 5.91 Å². The zero-order valence-corrected chi connectivity index (χ0v) is 17.4. The monoisotopic (exact) mass is 394 g/mol. The molecule has 7 heteroatoms. The van der Waals surface area contributed by atoms with Crippen molar-refractivity contribution in [1.82, 2.24) is 9.62 Å². The molecule has 1 amide bonds. The van der Waals surface area contributed by atoms with Crippen molar-refractivity contribution in [1.29, 1.82) is 0 Å². The molecule has 3 rings (SSSR count). The zero-order valence-electron chi connectivity index (χ0n) is 16.6. The Morgan fingerprint density at radius 3 is 2.44 bits per heavy atom. The molecule has 1 heterocycles. The number of rotatable bonds is 5. The number of nitrogens with one attached hydrogen (secondary N) is 2. The fourth-order valence-corrected chi connectivity index (χ4v) is 5.90. The molecule has 1 aromatic rings. The topological polar surface area (TPSA) is 70.9 Å². The standard InChI is InChI=1S/C20H31N3O3S/c1-15-8-9-16(2)19(14-15)27(25,26)23-12-10-22(11-13-23)17(3)20(24)21-18-6-4-5-7-18/h8-9,14,17-18H,4-7,10-13H2,1-3H3,(H,21,24)/p+1/t17-/m1/s1. The largest absolute Gasteiger partial charge is 0.348 e. The van der Waals surface area contributed by atoms with Gasteiger partial charge in [0, 0.05) is 6.04 Å². The summed E-state index contributed by atoms with van der Waals surface area (Å²) in [5, 5.41) is 3.17. The third-order valence-electron chi connectivity index (χ3n) is 6.03. The summed E-state index contributed by atoms with van der Waals surface area (Å²) in [7, 11) is -3.48. The van der Waals surface area contributed by atoms with Crippen LogP contribution >= 0.6 is 0 Å². The number of amides is 1. The number of hydrogen-bond acceptors (Lipinski definition) is 3. The first kappa shape index (κ1) is 20.3. The van der Waals surface area contributed by atoms with Crippen LogP contribution in [0.2, 0.25) is 0 Å². The average Bonchev–Trinajstić information content (AvgIpc) is 3.16. The van der Waals surface area contributed by atoms with Crippen molar-refractivity contribution in [2.45, 2.75) is 63.4 Å². The van der Waals surface area contributed by atoms with E-state index in [1.165, 1.54) is 12.8 Å². The van der Waals surface area contributed by atoms with Gasteiger partial charge in [-0.25, -0.2) is 8.42 Å². The van der Waals surface area contributed by atoms with Gasteiger partial charge >= 0.3 is 0 Å². The van der Waals surface area contributed by atoms with E-state index in [2.05, 4.69) is 5.32 Å². The summed E-state index contributed by atoms with van der Waals surface area (Å²) in [4.78, 5) is 14.1. The molecule has 0 radical (unpaired) electrons. The lowest BCUT2D eigenvalue weighted by atomic mass is 10.2. The Morgan fingerprint density at radius 1 is 1.19 bits per heavy atom. The van der Waals surface area contributed by atoms with Crippen LogP contribution in [0.15, 0.2) is 23.1 Å². The maximum Gasteiger partial charge on any atom is 0.278 e. The van der Waals surface area contributed by atoms with Crippen molar-refractivity contribution in [3.63, 3.8) is 0 Å². The van der Waals surface area contributed by atoms with Gasteiger partial charge in [-0.15, -0.1) is 0 Å². The fraction of sp³-hybridized carbons (Fsp3) is 0.650. The third-order valence-corrected chi connectivity index (χ3v) is 8.07. The molecule has 2 aliphatic rings. The first-order valence-corrected chi connectivity index (χ1v) is 11.5. The number of benzene rings is 1. The molecule has 0 bridgehead atoms. The Labute approximate surface area is 163 Å². The highest BCUT2D eigenvalue weighted by atomic mass is 32.2. The molecule has 27 heavy (non-hydrogen) atoms. The van der Waals surface area contributed by atoms with Crippen molar-refractivity contribution >= 4 is 15.9 Å². The van der Waals surface area contributed by atoms with Crippen molar-refractivity contribution in [2.75, 3.05) is 26.2 Å².